The number of thiocarbonyl (C=S) groups is 1. The Bertz CT molecular complexity index is 171. The minimum Gasteiger partial charge on any atom is -0.467 e. The van der Waals surface area contributed by atoms with Gasteiger partial charge in [-0.1, -0.05) is 12.2 Å². The zero-order valence-electron chi connectivity index (χ0n) is 4.83. The summed E-state index contributed by atoms with van der Waals surface area (Å²) in [6.45, 7) is 0.677. The summed E-state index contributed by atoms with van der Waals surface area (Å²) >= 11 is 4.55. The van der Waals surface area contributed by atoms with E-state index in [-0.39, 0.29) is 0 Å². The van der Waals surface area contributed by atoms with Crippen molar-refractivity contribution in [1.29, 1.82) is 0 Å². The Kier molecular flexibility index (Phi) is 2.27. The van der Waals surface area contributed by atoms with E-state index in [4.69, 9.17) is 4.42 Å². The first-order valence-corrected chi connectivity index (χ1v) is 3.10. The van der Waals surface area contributed by atoms with Crippen LogP contribution in [0.25, 0.3) is 0 Å². The molecule has 0 unspecified atom stereocenters. The Labute approximate surface area is 58.9 Å². The van der Waals surface area contributed by atoms with E-state index < -0.39 is 0 Å². The third-order valence-corrected chi connectivity index (χ3v) is 1.11. The molecule has 0 aliphatic carbocycles. The topological polar surface area (TPSA) is 25.2 Å². The lowest BCUT2D eigenvalue weighted by molar-refractivity contribution is 0.504. The van der Waals surface area contributed by atoms with Crippen LogP contribution in [0.5, 0.6) is 0 Å². The van der Waals surface area contributed by atoms with Crippen LogP contribution >= 0.6 is 12.2 Å². The van der Waals surface area contributed by atoms with Crippen molar-refractivity contribution in [3.8, 4) is 0 Å². The molecule has 0 bridgehead atoms. The zero-order chi connectivity index (χ0) is 6.53. The van der Waals surface area contributed by atoms with Gasteiger partial charge in [-0.05, 0) is 12.1 Å². The summed E-state index contributed by atoms with van der Waals surface area (Å²) in [5.41, 5.74) is 1.47. The Balaban J connectivity index is 2.38. The number of furan rings is 1. The van der Waals surface area contributed by atoms with E-state index in [1.807, 2.05) is 12.1 Å². The molecule has 0 saturated heterocycles. The molecule has 0 aliphatic rings. The fraction of sp³-hybridized carbons (Fsp3) is 0.167. The first-order chi connectivity index (χ1) is 4.43. The lowest BCUT2D eigenvalue weighted by atomic mass is 10.4. The van der Waals surface area contributed by atoms with Gasteiger partial charge < -0.3 is 9.73 Å². The second-order valence-electron chi connectivity index (χ2n) is 1.58. The maximum atomic E-state index is 5.01. The normalized spacial score (nSPS) is 8.89. The van der Waals surface area contributed by atoms with Crippen molar-refractivity contribution in [3.63, 3.8) is 0 Å². The molecule has 0 fully saturated rings. The van der Waals surface area contributed by atoms with Crippen LogP contribution in [-0.4, -0.2) is 5.49 Å². The van der Waals surface area contributed by atoms with E-state index in [1.54, 1.807) is 6.26 Å². The van der Waals surface area contributed by atoms with Crippen molar-refractivity contribution < 1.29 is 4.42 Å². The molecule has 0 amide bonds. The highest BCUT2D eigenvalue weighted by Gasteiger charge is 1.89. The van der Waals surface area contributed by atoms with E-state index in [2.05, 4.69) is 17.5 Å². The lowest BCUT2D eigenvalue weighted by Crippen LogP contribution is -2.07. The quantitative estimate of drug-likeness (QED) is 0.643. The van der Waals surface area contributed by atoms with Gasteiger partial charge in [-0.15, -0.1) is 0 Å². The first-order valence-electron chi connectivity index (χ1n) is 2.63. The van der Waals surface area contributed by atoms with E-state index in [0.717, 1.165) is 5.76 Å². The van der Waals surface area contributed by atoms with E-state index >= 15 is 0 Å². The van der Waals surface area contributed by atoms with Crippen LogP contribution < -0.4 is 5.32 Å². The Morgan fingerprint density at radius 3 is 3.22 bits per heavy atom. The van der Waals surface area contributed by atoms with Crippen molar-refractivity contribution in [2.24, 2.45) is 0 Å². The summed E-state index contributed by atoms with van der Waals surface area (Å²) in [6, 6.07) is 3.74. The first kappa shape index (κ1) is 6.29. The Morgan fingerprint density at radius 1 is 1.78 bits per heavy atom. The third-order valence-electron chi connectivity index (χ3n) is 0.940. The molecule has 2 nitrogen and oxygen atoms in total. The van der Waals surface area contributed by atoms with E-state index in [9.17, 15) is 0 Å². The maximum Gasteiger partial charge on any atom is 0.122 e. The summed E-state index contributed by atoms with van der Waals surface area (Å²) < 4.78 is 5.01. The lowest BCUT2D eigenvalue weighted by Gasteiger charge is -1.91. The molecule has 1 aromatic rings. The summed E-state index contributed by atoms with van der Waals surface area (Å²) in [4.78, 5) is 0. The van der Waals surface area contributed by atoms with Gasteiger partial charge in [0.2, 0.25) is 0 Å². The molecule has 3 heteroatoms. The SMILES string of the molecule is S=CNCc1ccco1. The van der Waals surface area contributed by atoms with Gasteiger partial charge in [0.1, 0.15) is 5.76 Å². The van der Waals surface area contributed by atoms with Crippen molar-refractivity contribution >= 4 is 17.7 Å². The average molecular weight is 141 g/mol. The third kappa shape index (κ3) is 1.85. The fourth-order valence-electron chi connectivity index (χ4n) is 0.555. The van der Waals surface area contributed by atoms with Crippen LogP contribution in [0, 0.1) is 0 Å². The van der Waals surface area contributed by atoms with Gasteiger partial charge in [0.05, 0.1) is 18.3 Å². The predicted molar refractivity (Wildman–Crippen MR) is 39.2 cm³/mol. The molecule has 0 aromatic carbocycles. The number of hydrogen-bond donors (Lipinski definition) is 1. The van der Waals surface area contributed by atoms with Gasteiger partial charge in [-0.25, -0.2) is 0 Å². The highest BCUT2D eigenvalue weighted by molar-refractivity contribution is 7.78. The molecule has 1 aromatic heterocycles. The predicted octanol–water partition coefficient (Wildman–Crippen LogP) is 1.33. The summed E-state index contributed by atoms with van der Waals surface area (Å²) in [5, 5.41) is 2.85. The fourth-order valence-corrected chi connectivity index (χ4v) is 0.639. The molecule has 9 heavy (non-hydrogen) atoms. The summed E-state index contributed by atoms with van der Waals surface area (Å²) in [5.74, 6) is 0.899. The van der Waals surface area contributed by atoms with Gasteiger partial charge in [0.25, 0.3) is 0 Å². The average Bonchev–Trinajstić information content (AvgIpc) is 2.34. The maximum absolute atomic E-state index is 5.01. The molecule has 0 spiro atoms. The van der Waals surface area contributed by atoms with Gasteiger partial charge in [0.15, 0.2) is 0 Å². The minimum atomic E-state index is 0.677. The van der Waals surface area contributed by atoms with Crippen LogP contribution in [0.4, 0.5) is 0 Å². The standard InChI is InChI=1S/C6H7NOS/c9-5-7-4-6-2-1-3-8-6/h1-3,5H,4H2,(H,7,9). The molecule has 0 saturated carbocycles. The monoisotopic (exact) mass is 141 g/mol. The molecule has 1 rings (SSSR count). The number of rotatable bonds is 3. The molecule has 48 valence electrons. The van der Waals surface area contributed by atoms with Crippen LogP contribution in [0.1, 0.15) is 5.76 Å². The molecule has 0 aliphatic heterocycles. The van der Waals surface area contributed by atoms with Crippen LogP contribution in [0.15, 0.2) is 22.8 Å². The second-order valence-corrected chi connectivity index (χ2v) is 1.81. The van der Waals surface area contributed by atoms with Gasteiger partial charge in [-0.3, -0.25) is 0 Å². The number of hydrogen-bond acceptors (Lipinski definition) is 2. The van der Waals surface area contributed by atoms with Crippen molar-refractivity contribution in [1.82, 2.24) is 5.32 Å². The number of nitrogens with one attached hydrogen (secondary N) is 1. The highest BCUT2D eigenvalue weighted by Crippen LogP contribution is 1.97. The van der Waals surface area contributed by atoms with E-state index in [0.29, 0.717) is 6.54 Å². The van der Waals surface area contributed by atoms with Gasteiger partial charge in [0, 0.05) is 0 Å². The van der Waals surface area contributed by atoms with Crippen LogP contribution in [0.2, 0.25) is 0 Å². The molecule has 0 atom stereocenters. The summed E-state index contributed by atoms with van der Waals surface area (Å²) in [7, 11) is 0. The van der Waals surface area contributed by atoms with Crippen molar-refractivity contribution in [2.75, 3.05) is 0 Å². The van der Waals surface area contributed by atoms with Crippen LogP contribution in [-0.2, 0) is 6.54 Å². The highest BCUT2D eigenvalue weighted by atomic mass is 32.1. The zero-order valence-corrected chi connectivity index (χ0v) is 5.65. The van der Waals surface area contributed by atoms with Gasteiger partial charge >= 0.3 is 0 Å². The molecule has 1 heterocycles. The van der Waals surface area contributed by atoms with Gasteiger partial charge in [-0.2, -0.15) is 0 Å². The summed E-state index contributed by atoms with van der Waals surface area (Å²) in [6.07, 6.45) is 1.64. The largest absolute Gasteiger partial charge is 0.467 e. The Morgan fingerprint density at radius 2 is 2.67 bits per heavy atom. The molecular formula is C6H7NOS. The van der Waals surface area contributed by atoms with Crippen LogP contribution in [0.3, 0.4) is 0 Å². The second kappa shape index (κ2) is 3.25. The van der Waals surface area contributed by atoms with Crippen molar-refractivity contribution in [3.05, 3.63) is 24.2 Å². The smallest absolute Gasteiger partial charge is 0.122 e. The van der Waals surface area contributed by atoms with E-state index in [1.165, 1.54) is 5.49 Å². The molecule has 1 N–H and O–H groups in total. The van der Waals surface area contributed by atoms with Crippen molar-refractivity contribution in [2.45, 2.75) is 6.54 Å². The molecule has 0 radical (unpaired) electrons. The minimum absolute atomic E-state index is 0.677. The molecular weight excluding hydrogens is 134 g/mol. The Hall–Kier alpha value is -0.830.